The van der Waals surface area contributed by atoms with Crippen molar-refractivity contribution in [2.24, 2.45) is 0 Å². The van der Waals surface area contributed by atoms with Gasteiger partial charge in [-0.05, 0) is 11.0 Å². The number of rotatable bonds is 2. The number of nitrogens with zero attached hydrogens (tertiary/aromatic N) is 3. The highest BCUT2D eigenvalue weighted by Gasteiger charge is 2.13. The summed E-state index contributed by atoms with van der Waals surface area (Å²) in [5.41, 5.74) is 0.657. The molecule has 0 aliphatic heterocycles. The highest BCUT2D eigenvalue weighted by Crippen LogP contribution is 2.20. The van der Waals surface area contributed by atoms with Crippen LogP contribution in [0.4, 0.5) is 5.69 Å². The van der Waals surface area contributed by atoms with Gasteiger partial charge >= 0.3 is 0 Å². The molecule has 1 aromatic carbocycles. The van der Waals surface area contributed by atoms with Crippen molar-refractivity contribution < 1.29 is 14.5 Å². The molecule has 0 spiro atoms. The highest BCUT2D eigenvalue weighted by molar-refractivity contribution is 5.60. The Labute approximate surface area is 83.2 Å². The summed E-state index contributed by atoms with van der Waals surface area (Å²) in [5, 5.41) is 24.6. The van der Waals surface area contributed by atoms with Crippen LogP contribution in [0, 0.1) is 15.3 Å². The average molecular weight is 207 g/mol. The van der Waals surface area contributed by atoms with Gasteiger partial charge in [-0.15, -0.1) is 0 Å². The summed E-state index contributed by atoms with van der Waals surface area (Å²) in [5.74, 6) is 0. The minimum absolute atomic E-state index is 0.0621. The third-order valence-corrected chi connectivity index (χ3v) is 1.80. The van der Waals surface area contributed by atoms with Gasteiger partial charge in [-0.3, -0.25) is 14.7 Å². The third kappa shape index (κ3) is 1.75. The molecule has 7 heteroatoms. The molecular formula is C8H5N3O4. The summed E-state index contributed by atoms with van der Waals surface area (Å²) in [4.78, 5) is 10.1. The van der Waals surface area contributed by atoms with E-state index in [-0.39, 0.29) is 16.3 Å². The number of nitro benzene ring substituents is 1. The molecule has 1 heterocycles. The first-order chi connectivity index (χ1) is 7.16. The molecular weight excluding hydrogens is 202 g/mol. The third-order valence-electron chi connectivity index (χ3n) is 1.80. The molecule has 76 valence electrons. The summed E-state index contributed by atoms with van der Waals surface area (Å²) in [6.07, 6.45) is 1.10. The molecule has 0 atom stereocenters. The SMILES string of the molecule is O=[N+]([O-])c1cccc(-c2c[n+]([O-])on2)c1. The largest absolute Gasteiger partial charge is 0.360 e. The predicted molar refractivity (Wildman–Crippen MR) is 47.6 cm³/mol. The molecule has 0 saturated carbocycles. The highest BCUT2D eigenvalue weighted by atomic mass is 16.8. The van der Waals surface area contributed by atoms with E-state index in [1.165, 1.54) is 18.2 Å². The molecule has 2 rings (SSSR count). The molecule has 0 aliphatic carbocycles. The smallest absolute Gasteiger partial charge is 0.270 e. The predicted octanol–water partition coefficient (Wildman–Crippen LogP) is 0.883. The van der Waals surface area contributed by atoms with Crippen molar-refractivity contribution in [1.29, 1.82) is 0 Å². The lowest BCUT2D eigenvalue weighted by Gasteiger charge is -1.92. The van der Waals surface area contributed by atoms with Crippen LogP contribution in [0.2, 0.25) is 0 Å². The van der Waals surface area contributed by atoms with Gasteiger partial charge < -0.3 is 5.21 Å². The first-order valence-electron chi connectivity index (χ1n) is 3.98. The number of aromatic nitrogens is 2. The summed E-state index contributed by atoms with van der Waals surface area (Å²) in [7, 11) is 0. The van der Waals surface area contributed by atoms with Crippen LogP contribution in [0.1, 0.15) is 0 Å². The van der Waals surface area contributed by atoms with Gasteiger partial charge in [-0.2, -0.15) is 0 Å². The second-order valence-electron chi connectivity index (χ2n) is 2.78. The Morgan fingerprint density at radius 3 is 2.87 bits per heavy atom. The molecule has 0 amide bonds. The normalized spacial score (nSPS) is 10.1. The molecule has 0 bridgehead atoms. The van der Waals surface area contributed by atoms with Gasteiger partial charge in [0.2, 0.25) is 5.69 Å². The zero-order chi connectivity index (χ0) is 10.8. The summed E-state index contributed by atoms with van der Waals surface area (Å²) in [6.45, 7) is 0. The molecule has 1 aromatic heterocycles. The van der Waals surface area contributed by atoms with Crippen LogP contribution < -0.4 is 4.90 Å². The van der Waals surface area contributed by atoms with E-state index in [0.29, 0.717) is 5.56 Å². The van der Waals surface area contributed by atoms with Gasteiger partial charge in [0.25, 0.3) is 5.69 Å². The quantitative estimate of drug-likeness (QED) is 0.413. The van der Waals surface area contributed by atoms with Gasteiger partial charge in [-0.25, -0.2) is 0 Å². The van der Waals surface area contributed by atoms with Gasteiger partial charge in [0, 0.05) is 22.9 Å². The van der Waals surface area contributed by atoms with Crippen molar-refractivity contribution in [3.05, 3.63) is 45.8 Å². The van der Waals surface area contributed by atoms with Crippen LogP contribution in [0.5, 0.6) is 0 Å². The van der Waals surface area contributed by atoms with Crippen LogP contribution in [0.25, 0.3) is 11.3 Å². The molecule has 0 saturated heterocycles. The second-order valence-corrected chi connectivity index (χ2v) is 2.78. The Kier molecular flexibility index (Phi) is 2.05. The zero-order valence-corrected chi connectivity index (χ0v) is 7.36. The average Bonchev–Trinajstić information content (AvgIpc) is 2.65. The van der Waals surface area contributed by atoms with E-state index >= 15 is 0 Å². The second kappa shape index (κ2) is 3.37. The summed E-state index contributed by atoms with van der Waals surface area (Å²) < 4.78 is 4.26. The maximum Gasteiger partial charge on any atom is 0.270 e. The standard InChI is InChI=1S/C8H5N3O4/c12-10-5-8(9-15-10)6-2-1-3-7(4-6)11(13)14/h1-5H. The number of hydrogen-bond acceptors (Lipinski definition) is 5. The molecule has 0 radical (unpaired) electrons. The van der Waals surface area contributed by atoms with E-state index in [2.05, 4.69) is 9.79 Å². The number of hydrogen-bond donors (Lipinski definition) is 0. The number of non-ortho nitro benzene ring substituents is 1. The minimum Gasteiger partial charge on any atom is -0.360 e. The molecule has 2 aromatic rings. The van der Waals surface area contributed by atoms with E-state index in [1.54, 1.807) is 6.07 Å². The van der Waals surface area contributed by atoms with Crippen LogP contribution in [-0.4, -0.2) is 10.1 Å². The van der Waals surface area contributed by atoms with E-state index < -0.39 is 4.92 Å². The van der Waals surface area contributed by atoms with Crippen molar-refractivity contribution in [2.45, 2.75) is 0 Å². The molecule has 15 heavy (non-hydrogen) atoms. The summed E-state index contributed by atoms with van der Waals surface area (Å²) in [6, 6.07) is 5.79. The lowest BCUT2D eigenvalue weighted by Crippen LogP contribution is -2.20. The molecule has 7 nitrogen and oxygen atoms in total. The number of nitro groups is 1. The first kappa shape index (κ1) is 9.13. The van der Waals surface area contributed by atoms with Crippen LogP contribution in [0.15, 0.2) is 35.1 Å². The fourth-order valence-electron chi connectivity index (χ4n) is 1.14. The zero-order valence-electron chi connectivity index (χ0n) is 7.36. The lowest BCUT2D eigenvalue weighted by molar-refractivity contribution is -0.802. The Morgan fingerprint density at radius 2 is 2.27 bits per heavy atom. The first-order valence-corrected chi connectivity index (χ1v) is 3.98. The van der Waals surface area contributed by atoms with Gasteiger partial charge in [-0.1, -0.05) is 6.07 Å². The Bertz CT molecular complexity index is 508. The van der Waals surface area contributed by atoms with Crippen molar-refractivity contribution >= 4 is 5.69 Å². The van der Waals surface area contributed by atoms with Crippen LogP contribution in [0.3, 0.4) is 0 Å². The van der Waals surface area contributed by atoms with E-state index in [0.717, 1.165) is 6.20 Å². The summed E-state index contributed by atoms with van der Waals surface area (Å²) >= 11 is 0. The molecule has 0 fully saturated rings. The fourth-order valence-corrected chi connectivity index (χ4v) is 1.14. The van der Waals surface area contributed by atoms with Crippen molar-refractivity contribution in [1.82, 2.24) is 5.16 Å². The maximum atomic E-state index is 10.6. The van der Waals surface area contributed by atoms with Gasteiger partial charge in [0.1, 0.15) is 0 Å². The lowest BCUT2D eigenvalue weighted by atomic mass is 10.1. The number of benzene rings is 1. The van der Waals surface area contributed by atoms with Crippen LogP contribution >= 0.6 is 0 Å². The fraction of sp³-hybridized carbons (Fsp3) is 0. The Balaban J connectivity index is 2.45. The molecule has 0 unspecified atom stereocenters. The van der Waals surface area contributed by atoms with Gasteiger partial charge in [0.05, 0.1) is 4.92 Å². The van der Waals surface area contributed by atoms with Crippen LogP contribution in [-0.2, 0) is 0 Å². The van der Waals surface area contributed by atoms with E-state index in [1.807, 2.05) is 0 Å². The Hall–Kier alpha value is -2.44. The van der Waals surface area contributed by atoms with E-state index in [4.69, 9.17) is 0 Å². The monoisotopic (exact) mass is 207 g/mol. The van der Waals surface area contributed by atoms with Gasteiger partial charge in [0.15, 0.2) is 6.20 Å². The molecule has 0 N–H and O–H groups in total. The van der Waals surface area contributed by atoms with Crippen molar-refractivity contribution in [2.75, 3.05) is 0 Å². The minimum atomic E-state index is -0.519. The maximum absolute atomic E-state index is 10.6. The van der Waals surface area contributed by atoms with Crippen molar-refractivity contribution in [3.8, 4) is 11.3 Å². The van der Waals surface area contributed by atoms with Crippen molar-refractivity contribution in [3.63, 3.8) is 0 Å². The van der Waals surface area contributed by atoms with E-state index in [9.17, 15) is 15.3 Å². The topological polar surface area (TPSA) is 96.1 Å². The Morgan fingerprint density at radius 1 is 1.47 bits per heavy atom. The molecule has 0 aliphatic rings.